The lowest BCUT2D eigenvalue weighted by molar-refractivity contribution is 0.639. The van der Waals surface area contributed by atoms with Crippen molar-refractivity contribution in [1.29, 1.82) is 0 Å². The largest absolute Gasteiger partial charge is 0.0587 e. The Bertz CT molecular complexity index is 959. The van der Waals surface area contributed by atoms with Gasteiger partial charge >= 0.3 is 0 Å². The van der Waals surface area contributed by atoms with Crippen LogP contribution in [0, 0.1) is 6.92 Å². The lowest BCUT2D eigenvalue weighted by atomic mass is 9.77. The predicted octanol–water partition coefficient (Wildman–Crippen LogP) is 10.5. The van der Waals surface area contributed by atoms with Crippen molar-refractivity contribution in [3.05, 3.63) is 106 Å². The fourth-order valence-electron chi connectivity index (χ4n) is 4.44. The summed E-state index contributed by atoms with van der Waals surface area (Å²) in [6.07, 6.45) is 0. The smallest absolute Gasteiger partial charge is 0.0146 e. The summed E-state index contributed by atoms with van der Waals surface area (Å²) in [6.45, 7) is 24.8. The second kappa shape index (κ2) is 11.9. The minimum atomic E-state index is 0.0466. The maximum absolute atomic E-state index is 2.32. The Labute approximate surface area is 210 Å². The Morgan fingerprint density at radius 3 is 1.12 bits per heavy atom. The van der Waals surface area contributed by atoms with Gasteiger partial charge in [0.25, 0.3) is 0 Å². The number of aryl methyl sites for hydroxylation is 1. The van der Waals surface area contributed by atoms with Crippen molar-refractivity contribution in [3.63, 3.8) is 0 Å². The lowest BCUT2D eigenvalue weighted by Gasteiger charge is -2.27. The van der Waals surface area contributed by atoms with Gasteiger partial charge in [-0.05, 0) is 69.5 Å². The molecule has 0 aliphatic heterocycles. The van der Waals surface area contributed by atoms with E-state index in [1.807, 2.05) is 0 Å². The highest BCUT2D eigenvalue weighted by molar-refractivity contribution is 5.40. The second-order valence-electron chi connectivity index (χ2n) is 11.6. The highest BCUT2D eigenvalue weighted by Gasteiger charge is 2.23. The molecule has 0 fully saturated rings. The molecule has 0 nitrogen and oxygen atoms in total. The minimum Gasteiger partial charge on any atom is -0.0587 e. The van der Waals surface area contributed by atoms with Crippen LogP contribution in [-0.2, 0) is 5.41 Å². The fourth-order valence-corrected chi connectivity index (χ4v) is 4.44. The van der Waals surface area contributed by atoms with Gasteiger partial charge in [0.15, 0.2) is 0 Å². The summed E-state index contributed by atoms with van der Waals surface area (Å²) in [5.41, 5.74) is 9.97. The van der Waals surface area contributed by atoms with Gasteiger partial charge in [0.2, 0.25) is 0 Å². The molecule has 0 saturated carbocycles. The van der Waals surface area contributed by atoms with Crippen LogP contribution in [0.1, 0.15) is 132 Å². The van der Waals surface area contributed by atoms with Gasteiger partial charge in [0.1, 0.15) is 0 Å². The Morgan fingerprint density at radius 2 is 0.824 bits per heavy atom. The third-order valence-corrected chi connectivity index (χ3v) is 7.18. The van der Waals surface area contributed by atoms with Gasteiger partial charge in [-0.1, -0.05) is 136 Å². The van der Waals surface area contributed by atoms with Gasteiger partial charge in [-0.2, -0.15) is 0 Å². The Kier molecular flexibility index (Phi) is 9.74. The summed E-state index contributed by atoms with van der Waals surface area (Å²) in [6, 6.07) is 25.1. The molecular formula is C34H48. The summed E-state index contributed by atoms with van der Waals surface area (Å²) in [5.74, 6) is 2.46. The quantitative estimate of drug-likeness (QED) is 0.346. The molecule has 3 aromatic carbocycles. The van der Waals surface area contributed by atoms with Crippen molar-refractivity contribution < 1.29 is 0 Å². The first-order chi connectivity index (χ1) is 15.8. The number of benzene rings is 3. The third-order valence-electron chi connectivity index (χ3n) is 7.18. The molecule has 0 aliphatic rings. The fraction of sp³-hybridized carbons (Fsp3) is 0.471. The molecular weight excluding hydrogens is 408 g/mol. The van der Waals surface area contributed by atoms with Crippen molar-refractivity contribution in [2.75, 3.05) is 0 Å². The highest BCUT2D eigenvalue weighted by Crippen LogP contribution is 2.33. The molecule has 0 heteroatoms. The van der Waals surface area contributed by atoms with Crippen LogP contribution < -0.4 is 0 Å². The summed E-state index contributed by atoms with van der Waals surface area (Å²) in [7, 11) is 0. The van der Waals surface area contributed by atoms with Crippen LogP contribution in [0.4, 0.5) is 0 Å². The van der Waals surface area contributed by atoms with Crippen LogP contribution >= 0.6 is 0 Å². The van der Waals surface area contributed by atoms with Crippen LogP contribution in [0.5, 0.6) is 0 Å². The monoisotopic (exact) mass is 456 g/mol. The number of rotatable bonds is 6. The van der Waals surface area contributed by atoms with E-state index in [4.69, 9.17) is 0 Å². The summed E-state index contributed by atoms with van der Waals surface area (Å²) in [4.78, 5) is 0. The average Bonchev–Trinajstić information content (AvgIpc) is 2.79. The first kappa shape index (κ1) is 27.9. The van der Waals surface area contributed by atoms with Gasteiger partial charge in [-0.3, -0.25) is 0 Å². The average molecular weight is 457 g/mol. The van der Waals surface area contributed by atoms with Gasteiger partial charge in [-0.25, -0.2) is 0 Å². The van der Waals surface area contributed by atoms with Crippen molar-refractivity contribution in [2.45, 2.75) is 105 Å². The first-order valence-corrected chi connectivity index (χ1v) is 13.2. The molecule has 0 radical (unpaired) electrons. The van der Waals surface area contributed by atoms with Crippen molar-refractivity contribution in [2.24, 2.45) is 0 Å². The molecule has 0 unspecified atom stereocenters. The Morgan fingerprint density at radius 1 is 0.471 bits per heavy atom. The van der Waals surface area contributed by atoms with Crippen molar-refractivity contribution in [1.82, 2.24) is 0 Å². The Balaban J connectivity index is 0.000000270. The van der Waals surface area contributed by atoms with Gasteiger partial charge < -0.3 is 0 Å². The molecule has 34 heavy (non-hydrogen) atoms. The van der Waals surface area contributed by atoms with E-state index in [1.54, 1.807) is 0 Å². The highest BCUT2D eigenvalue weighted by atomic mass is 14.3. The van der Waals surface area contributed by atoms with E-state index in [0.29, 0.717) is 23.7 Å². The van der Waals surface area contributed by atoms with E-state index in [2.05, 4.69) is 143 Å². The molecule has 0 bridgehead atoms. The molecule has 0 aromatic heterocycles. The molecule has 0 N–H and O–H groups in total. The van der Waals surface area contributed by atoms with Crippen molar-refractivity contribution >= 4 is 0 Å². The number of hydrogen-bond acceptors (Lipinski definition) is 0. The molecule has 3 rings (SSSR count). The molecule has 0 saturated heterocycles. The molecule has 184 valence electrons. The minimum absolute atomic E-state index is 0.0466. The zero-order valence-corrected chi connectivity index (χ0v) is 23.7. The van der Waals surface area contributed by atoms with E-state index in [1.165, 1.54) is 38.9 Å². The summed E-state index contributed by atoms with van der Waals surface area (Å²) < 4.78 is 0. The molecule has 0 amide bonds. The lowest BCUT2D eigenvalue weighted by Crippen LogP contribution is -2.19. The van der Waals surface area contributed by atoms with E-state index < -0.39 is 0 Å². The van der Waals surface area contributed by atoms with E-state index in [0.717, 1.165) is 0 Å². The zero-order valence-electron chi connectivity index (χ0n) is 23.7. The number of hydrogen-bond donors (Lipinski definition) is 0. The maximum atomic E-state index is 2.32. The molecule has 0 atom stereocenters. The third kappa shape index (κ3) is 7.08. The first-order valence-electron chi connectivity index (χ1n) is 13.2. The molecule has 0 aliphatic carbocycles. The standard InChI is InChI=1S/C21H28.C13H20/c1-15(2)17-7-11-19(12-8-17)21(5,6)20-13-9-18(10-14-20)16(3)4;1-9(2)12-6-7-13(10(3)4)11(5)8-12/h7-16H,1-6H3;6-10H,1-5H3. The predicted molar refractivity (Wildman–Crippen MR) is 153 cm³/mol. The van der Waals surface area contributed by atoms with Crippen LogP contribution in [0.15, 0.2) is 66.7 Å². The molecule has 0 spiro atoms. The second-order valence-corrected chi connectivity index (χ2v) is 11.6. The van der Waals surface area contributed by atoms with Crippen molar-refractivity contribution in [3.8, 4) is 0 Å². The van der Waals surface area contributed by atoms with E-state index in [-0.39, 0.29) is 5.41 Å². The van der Waals surface area contributed by atoms with E-state index in [9.17, 15) is 0 Å². The molecule has 3 aromatic rings. The SMILES string of the molecule is CC(C)c1ccc(C(C)(C)c2ccc(C(C)C)cc2)cc1.Cc1cc(C(C)C)ccc1C(C)C. The van der Waals surface area contributed by atoms with Crippen LogP contribution in [0.25, 0.3) is 0 Å². The van der Waals surface area contributed by atoms with Gasteiger partial charge in [0, 0.05) is 5.41 Å². The zero-order chi connectivity index (χ0) is 25.6. The van der Waals surface area contributed by atoms with Crippen LogP contribution in [0.3, 0.4) is 0 Å². The summed E-state index contributed by atoms with van der Waals surface area (Å²) in [5, 5.41) is 0. The topological polar surface area (TPSA) is 0 Å². The van der Waals surface area contributed by atoms with Crippen LogP contribution in [0.2, 0.25) is 0 Å². The molecule has 0 heterocycles. The summed E-state index contributed by atoms with van der Waals surface area (Å²) >= 11 is 0. The van der Waals surface area contributed by atoms with Crippen LogP contribution in [-0.4, -0.2) is 0 Å². The van der Waals surface area contributed by atoms with Gasteiger partial charge in [-0.15, -0.1) is 0 Å². The Hall–Kier alpha value is -2.34. The normalized spacial score (nSPS) is 11.9. The van der Waals surface area contributed by atoms with Gasteiger partial charge in [0.05, 0.1) is 0 Å². The maximum Gasteiger partial charge on any atom is 0.0146 e. The van der Waals surface area contributed by atoms with E-state index >= 15 is 0 Å².